The molecule has 0 spiro atoms. The fraction of sp³-hybridized carbons (Fsp3) is 0.636. The number of azo groups is 1. The average Bonchev–Trinajstić information content (AvgIpc) is 2.29. The lowest BCUT2D eigenvalue weighted by molar-refractivity contribution is -0.122. The molecule has 6 heteroatoms. The first-order valence-corrected chi connectivity index (χ1v) is 5.77. The summed E-state index contributed by atoms with van der Waals surface area (Å²) in [6, 6.07) is -0.484. The molecular weight excluding hydrogens is 220 g/mol. The zero-order valence-corrected chi connectivity index (χ0v) is 9.80. The fourth-order valence-corrected chi connectivity index (χ4v) is 2.08. The molecule has 0 radical (unpaired) electrons. The lowest BCUT2D eigenvalue weighted by Gasteiger charge is -2.30. The van der Waals surface area contributed by atoms with Gasteiger partial charge in [-0.25, -0.2) is 0 Å². The summed E-state index contributed by atoms with van der Waals surface area (Å²) in [7, 11) is 2.04. The number of likely N-dealkylation sites (N-methyl/N-ethyl adjacent to an activating group) is 1. The Balaban J connectivity index is 1.86. The molecule has 0 bridgehead atoms. The van der Waals surface area contributed by atoms with Crippen LogP contribution in [0.3, 0.4) is 0 Å². The number of amides is 2. The van der Waals surface area contributed by atoms with Gasteiger partial charge >= 0.3 is 0 Å². The summed E-state index contributed by atoms with van der Waals surface area (Å²) < 4.78 is 0. The molecule has 0 aliphatic carbocycles. The van der Waals surface area contributed by atoms with E-state index in [-0.39, 0.29) is 11.9 Å². The third kappa shape index (κ3) is 3.20. The van der Waals surface area contributed by atoms with Crippen molar-refractivity contribution in [2.24, 2.45) is 10.2 Å². The quantitative estimate of drug-likeness (QED) is 0.739. The molecule has 17 heavy (non-hydrogen) atoms. The van der Waals surface area contributed by atoms with Crippen molar-refractivity contribution in [2.75, 3.05) is 20.1 Å². The monoisotopic (exact) mass is 236 g/mol. The van der Waals surface area contributed by atoms with Crippen molar-refractivity contribution in [3.05, 3.63) is 12.2 Å². The van der Waals surface area contributed by atoms with Crippen LogP contribution < -0.4 is 5.32 Å². The van der Waals surface area contributed by atoms with Gasteiger partial charge in [0.2, 0.25) is 0 Å². The standard InChI is InChI=1S/C11H16N4O2/c1-15-6-2-3-8(7-15)12-11(17)9-4-5-10(16)14-13-9/h4-5,8-9H,2-3,6-7H2,1H3,(H,12,17). The van der Waals surface area contributed by atoms with Crippen molar-refractivity contribution in [3.63, 3.8) is 0 Å². The summed E-state index contributed by atoms with van der Waals surface area (Å²) in [5, 5.41) is 9.96. The number of hydrogen-bond acceptors (Lipinski definition) is 4. The maximum Gasteiger partial charge on any atom is 0.287 e. The number of carbonyl (C=O) groups excluding carboxylic acids is 2. The van der Waals surface area contributed by atoms with Gasteiger partial charge in [-0.2, -0.15) is 5.11 Å². The molecule has 0 aromatic heterocycles. The second-order valence-electron chi connectivity index (χ2n) is 4.47. The van der Waals surface area contributed by atoms with E-state index in [4.69, 9.17) is 0 Å². The molecule has 0 saturated carbocycles. The fourth-order valence-electron chi connectivity index (χ4n) is 2.08. The summed E-state index contributed by atoms with van der Waals surface area (Å²) in [6.45, 7) is 1.93. The third-order valence-corrected chi connectivity index (χ3v) is 2.94. The Kier molecular flexibility index (Phi) is 3.63. The highest BCUT2D eigenvalue weighted by Gasteiger charge is 2.23. The van der Waals surface area contributed by atoms with Gasteiger partial charge in [-0.3, -0.25) is 9.59 Å². The van der Waals surface area contributed by atoms with Gasteiger partial charge in [0.05, 0.1) is 0 Å². The summed E-state index contributed by atoms with van der Waals surface area (Å²) in [6.07, 6.45) is 4.84. The minimum Gasteiger partial charge on any atom is -0.350 e. The molecule has 6 nitrogen and oxygen atoms in total. The lowest BCUT2D eigenvalue weighted by Crippen LogP contribution is -2.48. The smallest absolute Gasteiger partial charge is 0.287 e. The highest BCUT2D eigenvalue weighted by molar-refractivity contribution is 5.92. The minimum atomic E-state index is -0.653. The number of nitrogens with one attached hydrogen (secondary N) is 1. The van der Waals surface area contributed by atoms with Gasteiger partial charge in [0.15, 0.2) is 6.04 Å². The van der Waals surface area contributed by atoms with Crippen LogP contribution in [-0.2, 0) is 9.59 Å². The highest BCUT2D eigenvalue weighted by Crippen LogP contribution is 2.09. The molecule has 2 unspecified atom stereocenters. The van der Waals surface area contributed by atoms with Crippen LogP contribution in [0.4, 0.5) is 0 Å². The van der Waals surface area contributed by atoms with Crippen LogP contribution in [0.5, 0.6) is 0 Å². The van der Waals surface area contributed by atoms with Gasteiger partial charge in [-0.1, -0.05) is 0 Å². The van der Waals surface area contributed by atoms with Crippen LogP contribution in [-0.4, -0.2) is 48.9 Å². The van der Waals surface area contributed by atoms with E-state index >= 15 is 0 Å². The van der Waals surface area contributed by atoms with E-state index in [1.807, 2.05) is 7.05 Å². The predicted molar refractivity (Wildman–Crippen MR) is 61.5 cm³/mol. The third-order valence-electron chi connectivity index (χ3n) is 2.94. The predicted octanol–water partition coefficient (Wildman–Crippen LogP) is 0.114. The van der Waals surface area contributed by atoms with Crippen molar-refractivity contribution in [1.29, 1.82) is 0 Å². The molecule has 0 aromatic carbocycles. The first kappa shape index (κ1) is 11.9. The molecule has 2 heterocycles. The Labute approximate surface area is 99.8 Å². The first-order valence-electron chi connectivity index (χ1n) is 5.77. The van der Waals surface area contributed by atoms with Crippen molar-refractivity contribution in [3.8, 4) is 0 Å². The number of hydrogen-bond donors (Lipinski definition) is 1. The first-order chi connectivity index (χ1) is 8.15. The molecule has 2 rings (SSSR count). The van der Waals surface area contributed by atoms with Crippen molar-refractivity contribution >= 4 is 11.8 Å². The minimum absolute atomic E-state index is 0.169. The molecule has 2 amide bonds. The molecule has 1 N–H and O–H groups in total. The molecular formula is C11H16N4O2. The number of likely N-dealkylation sites (tertiary alicyclic amines) is 1. The van der Waals surface area contributed by atoms with Gasteiger partial charge in [0.25, 0.3) is 11.8 Å². The summed E-state index contributed by atoms with van der Waals surface area (Å²) >= 11 is 0. The summed E-state index contributed by atoms with van der Waals surface area (Å²) in [4.78, 5) is 24.8. The van der Waals surface area contributed by atoms with E-state index in [1.165, 1.54) is 12.2 Å². The second kappa shape index (κ2) is 5.18. The van der Waals surface area contributed by atoms with Gasteiger partial charge in [0, 0.05) is 18.7 Å². The van der Waals surface area contributed by atoms with E-state index < -0.39 is 11.9 Å². The zero-order chi connectivity index (χ0) is 12.3. The zero-order valence-electron chi connectivity index (χ0n) is 9.80. The van der Waals surface area contributed by atoms with Crippen molar-refractivity contribution in [2.45, 2.75) is 24.9 Å². The topological polar surface area (TPSA) is 74.1 Å². The molecule has 2 aliphatic heterocycles. The van der Waals surface area contributed by atoms with E-state index in [9.17, 15) is 9.59 Å². The van der Waals surface area contributed by atoms with Gasteiger partial charge in [0.1, 0.15) is 0 Å². The van der Waals surface area contributed by atoms with E-state index in [0.29, 0.717) is 0 Å². The van der Waals surface area contributed by atoms with Crippen molar-refractivity contribution in [1.82, 2.24) is 10.2 Å². The average molecular weight is 236 g/mol. The SMILES string of the molecule is CN1CCCC(NC(=O)C2C=CC(=O)N=N2)C1. The molecule has 92 valence electrons. The maximum atomic E-state index is 11.8. The molecule has 1 saturated heterocycles. The van der Waals surface area contributed by atoms with Crippen LogP contribution >= 0.6 is 0 Å². The van der Waals surface area contributed by atoms with Crippen LogP contribution in [0.25, 0.3) is 0 Å². The largest absolute Gasteiger partial charge is 0.350 e. The number of carbonyl (C=O) groups is 2. The lowest BCUT2D eigenvalue weighted by atomic mass is 10.1. The van der Waals surface area contributed by atoms with E-state index in [1.54, 1.807) is 0 Å². The number of nitrogens with zero attached hydrogens (tertiary/aromatic N) is 3. The van der Waals surface area contributed by atoms with Gasteiger partial charge < -0.3 is 10.2 Å². The van der Waals surface area contributed by atoms with E-state index in [0.717, 1.165) is 25.9 Å². The van der Waals surface area contributed by atoms with Gasteiger partial charge in [-0.05, 0) is 32.5 Å². The Morgan fingerprint density at radius 2 is 2.41 bits per heavy atom. The summed E-state index contributed by atoms with van der Waals surface area (Å²) in [5.74, 6) is -0.593. The normalized spacial score (nSPS) is 29.4. The molecule has 2 atom stereocenters. The second-order valence-corrected chi connectivity index (χ2v) is 4.47. The Bertz CT molecular complexity index is 362. The number of rotatable bonds is 2. The van der Waals surface area contributed by atoms with Crippen LogP contribution in [0.1, 0.15) is 12.8 Å². The highest BCUT2D eigenvalue weighted by atomic mass is 16.2. The molecule has 1 fully saturated rings. The molecule has 0 aromatic rings. The van der Waals surface area contributed by atoms with Gasteiger partial charge in [-0.15, -0.1) is 5.11 Å². The Hall–Kier alpha value is -1.56. The number of piperidine rings is 1. The molecule has 2 aliphatic rings. The Morgan fingerprint density at radius 1 is 1.59 bits per heavy atom. The van der Waals surface area contributed by atoms with Crippen LogP contribution in [0.15, 0.2) is 22.4 Å². The maximum absolute atomic E-state index is 11.8. The van der Waals surface area contributed by atoms with E-state index in [2.05, 4.69) is 20.4 Å². The Morgan fingerprint density at radius 3 is 3.06 bits per heavy atom. The van der Waals surface area contributed by atoms with Crippen molar-refractivity contribution < 1.29 is 9.59 Å². The summed E-state index contributed by atoms with van der Waals surface area (Å²) in [5.41, 5.74) is 0. The van der Waals surface area contributed by atoms with Crippen LogP contribution in [0.2, 0.25) is 0 Å². The van der Waals surface area contributed by atoms with Crippen LogP contribution in [0, 0.1) is 0 Å².